The van der Waals surface area contributed by atoms with Gasteiger partial charge in [0.2, 0.25) is 0 Å². The van der Waals surface area contributed by atoms with E-state index < -0.39 is 18.0 Å². The molecule has 9 nitrogen and oxygen atoms in total. The molecule has 38 heavy (non-hydrogen) atoms. The van der Waals surface area contributed by atoms with Gasteiger partial charge in [-0.15, -0.1) is 0 Å². The summed E-state index contributed by atoms with van der Waals surface area (Å²) in [5, 5.41) is 14.7. The Morgan fingerprint density at radius 2 is 2.08 bits per heavy atom. The number of rotatable bonds is 6. The number of carbonyl (C=O) groups is 1. The second kappa shape index (κ2) is 10.1. The van der Waals surface area contributed by atoms with Crippen molar-refractivity contribution in [2.45, 2.75) is 52.1 Å². The second-order valence-corrected chi connectivity index (χ2v) is 9.26. The monoisotopic (exact) mass is 528 g/mol. The first-order valence-corrected chi connectivity index (χ1v) is 12.4. The lowest BCUT2D eigenvalue weighted by Gasteiger charge is -2.23. The lowest BCUT2D eigenvalue weighted by atomic mass is 9.97. The summed E-state index contributed by atoms with van der Waals surface area (Å²) in [6.45, 7) is 4.77. The van der Waals surface area contributed by atoms with Gasteiger partial charge < -0.3 is 19.7 Å². The maximum Gasteiger partial charge on any atom is 0.432 e. The van der Waals surface area contributed by atoms with Crippen LogP contribution >= 0.6 is 0 Å². The van der Waals surface area contributed by atoms with Crippen molar-refractivity contribution in [1.82, 2.24) is 29.6 Å². The van der Waals surface area contributed by atoms with Crippen molar-refractivity contribution >= 4 is 17.0 Å². The van der Waals surface area contributed by atoms with Crippen molar-refractivity contribution in [3.8, 4) is 22.6 Å². The van der Waals surface area contributed by atoms with E-state index in [9.17, 15) is 23.1 Å². The number of halogens is 3. The maximum absolute atomic E-state index is 13.3. The number of ether oxygens (including phenoxy) is 1. The average molecular weight is 529 g/mol. The Balaban J connectivity index is 1.62. The van der Waals surface area contributed by atoms with Crippen LogP contribution in [0.1, 0.15) is 49.2 Å². The molecular formula is C26H27F3N6O3. The third-order valence-corrected chi connectivity index (χ3v) is 6.88. The van der Waals surface area contributed by atoms with E-state index in [-0.39, 0.29) is 24.3 Å². The van der Waals surface area contributed by atoms with Gasteiger partial charge >= 0.3 is 12.3 Å². The van der Waals surface area contributed by atoms with Crippen molar-refractivity contribution in [3.05, 3.63) is 53.6 Å². The number of aromatic amines is 1. The Morgan fingerprint density at radius 3 is 2.74 bits per heavy atom. The molecule has 2 N–H and O–H groups in total. The van der Waals surface area contributed by atoms with Crippen LogP contribution in [0.4, 0.5) is 18.0 Å². The normalized spacial score (nSPS) is 16.2. The number of benzene rings is 1. The van der Waals surface area contributed by atoms with Crippen molar-refractivity contribution in [1.29, 1.82) is 0 Å². The molecule has 12 heteroatoms. The first-order chi connectivity index (χ1) is 18.2. The smallest absolute Gasteiger partial charge is 0.432 e. The van der Waals surface area contributed by atoms with Gasteiger partial charge in [0.15, 0.2) is 12.1 Å². The summed E-state index contributed by atoms with van der Waals surface area (Å²) < 4.78 is 47.5. The number of fused-ring (bicyclic) bond motifs is 1. The lowest BCUT2D eigenvalue weighted by Crippen LogP contribution is -2.28. The zero-order valence-electron chi connectivity index (χ0n) is 20.9. The molecule has 0 saturated carbocycles. The molecule has 0 radical (unpaired) electrons. The highest BCUT2D eigenvalue weighted by Gasteiger charge is 2.34. The molecular weight excluding hydrogens is 501 g/mol. The number of hydrogen-bond donors (Lipinski definition) is 2. The van der Waals surface area contributed by atoms with Crippen LogP contribution < -0.4 is 0 Å². The van der Waals surface area contributed by atoms with Crippen LogP contribution in [-0.4, -0.2) is 54.0 Å². The molecule has 1 aliphatic heterocycles. The molecule has 200 valence electrons. The number of nitrogens with zero attached hydrogens (tertiary/aromatic N) is 5. The van der Waals surface area contributed by atoms with E-state index in [0.717, 1.165) is 47.7 Å². The molecule has 1 atom stereocenters. The van der Waals surface area contributed by atoms with E-state index in [4.69, 9.17) is 4.74 Å². The first kappa shape index (κ1) is 25.7. The van der Waals surface area contributed by atoms with Gasteiger partial charge in [0.1, 0.15) is 11.4 Å². The molecule has 1 amide bonds. The summed E-state index contributed by atoms with van der Waals surface area (Å²) >= 11 is 0. The fourth-order valence-corrected chi connectivity index (χ4v) is 4.74. The van der Waals surface area contributed by atoms with E-state index in [1.165, 1.54) is 4.90 Å². The zero-order chi connectivity index (χ0) is 27.0. The Morgan fingerprint density at radius 1 is 1.26 bits per heavy atom. The molecule has 1 fully saturated rings. The standard InChI is InChI=1S/C26H27F3N6O3/c1-3-34(25(36)37)14-17-11-30-12-19(15(17)2)16-7-8-20-18(10-16)23(24-31-13-21(32-24)26(27,28)29)33-35(20)22-6-4-5-9-38-22/h7-8,10-13,22H,3-6,9,14H2,1-2H3,(H,31,32)(H,36,37). The average Bonchev–Trinajstić information content (AvgIpc) is 3.53. The van der Waals surface area contributed by atoms with E-state index >= 15 is 0 Å². The van der Waals surface area contributed by atoms with E-state index in [2.05, 4.69) is 20.1 Å². The summed E-state index contributed by atoms with van der Waals surface area (Å²) in [6.07, 6.45) is 0.845. The third-order valence-electron chi connectivity index (χ3n) is 6.88. The van der Waals surface area contributed by atoms with Gasteiger partial charge in [0, 0.05) is 36.5 Å². The highest BCUT2D eigenvalue weighted by atomic mass is 19.4. The minimum Gasteiger partial charge on any atom is -0.465 e. The number of H-pyrrole nitrogens is 1. The van der Waals surface area contributed by atoms with Gasteiger partial charge in [0.05, 0.1) is 18.3 Å². The molecule has 5 rings (SSSR count). The van der Waals surface area contributed by atoms with Gasteiger partial charge in [-0.3, -0.25) is 4.98 Å². The Bertz CT molecular complexity index is 1470. The van der Waals surface area contributed by atoms with Gasteiger partial charge in [-0.05, 0) is 61.9 Å². The van der Waals surface area contributed by atoms with Gasteiger partial charge in [-0.2, -0.15) is 18.3 Å². The van der Waals surface area contributed by atoms with Crippen LogP contribution in [0.2, 0.25) is 0 Å². The molecule has 0 aliphatic carbocycles. The molecule has 4 heterocycles. The minimum atomic E-state index is -4.56. The number of carboxylic acid groups (broad SMARTS) is 1. The van der Waals surface area contributed by atoms with Gasteiger partial charge in [-0.25, -0.2) is 14.5 Å². The lowest BCUT2D eigenvalue weighted by molar-refractivity contribution is -0.140. The SMILES string of the molecule is CCN(Cc1cncc(-c2ccc3c(c2)c(-c2ncc(C(F)(F)F)[nH]2)nn3C2CCCCO2)c1C)C(=O)O. The number of imidazole rings is 1. The molecule has 3 aromatic heterocycles. The summed E-state index contributed by atoms with van der Waals surface area (Å²) in [7, 11) is 0. The molecule has 1 aromatic carbocycles. The molecule has 1 unspecified atom stereocenters. The fraction of sp³-hybridized carbons (Fsp3) is 0.385. The van der Waals surface area contributed by atoms with Crippen molar-refractivity contribution in [2.75, 3.05) is 13.2 Å². The maximum atomic E-state index is 13.3. The summed E-state index contributed by atoms with van der Waals surface area (Å²) in [6, 6.07) is 5.63. The summed E-state index contributed by atoms with van der Waals surface area (Å²) in [4.78, 5) is 23.5. The summed E-state index contributed by atoms with van der Waals surface area (Å²) in [5.74, 6) is 0.0117. The zero-order valence-corrected chi connectivity index (χ0v) is 20.9. The van der Waals surface area contributed by atoms with Crippen molar-refractivity contribution < 1.29 is 27.8 Å². The quantitative estimate of drug-likeness (QED) is 0.317. The third kappa shape index (κ3) is 4.83. The topological polar surface area (TPSA) is 109 Å². The Kier molecular flexibility index (Phi) is 6.82. The van der Waals surface area contributed by atoms with Crippen LogP contribution in [-0.2, 0) is 17.5 Å². The van der Waals surface area contributed by atoms with E-state index in [1.807, 2.05) is 25.1 Å². The van der Waals surface area contributed by atoms with Crippen molar-refractivity contribution in [2.24, 2.45) is 0 Å². The van der Waals surface area contributed by atoms with Crippen molar-refractivity contribution in [3.63, 3.8) is 0 Å². The highest BCUT2D eigenvalue weighted by molar-refractivity contribution is 5.95. The van der Waals surface area contributed by atoms with Crippen LogP contribution in [0.5, 0.6) is 0 Å². The molecule has 1 saturated heterocycles. The number of amides is 1. The number of nitrogens with one attached hydrogen (secondary N) is 1. The number of hydrogen-bond acceptors (Lipinski definition) is 5. The summed E-state index contributed by atoms with van der Waals surface area (Å²) in [5.41, 5.74) is 3.23. The van der Waals surface area contributed by atoms with Gasteiger partial charge in [0.25, 0.3) is 0 Å². The largest absolute Gasteiger partial charge is 0.465 e. The fourth-order valence-electron chi connectivity index (χ4n) is 4.74. The molecule has 1 aliphatic rings. The van der Waals surface area contributed by atoms with Gasteiger partial charge in [-0.1, -0.05) is 6.07 Å². The minimum absolute atomic E-state index is 0.0117. The second-order valence-electron chi connectivity index (χ2n) is 9.26. The molecule has 0 spiro atoms. The highest BCUT2D eigenvalue weighted by Crippen LogP contribution is 2.37. The number of alkyl halides is 3. The Labute approximate surface area is 216 Å². The first-order valence-electron chi connectivity index (χ1n) is 12.4. The number of aromatic nitrogens is 5. The predicted molar refractivity (Wildman–Crippen MR) is 133 cm³/mol. The van der Waals surface area contributed by atoms with Crippen LogP contribution in [0.25, 0.3) is 33.5 Å². The molecule has 4 aromatic rings. The van der Waals surface area contributed by atoms with E-state index in [1.54, 1.807) is 24.0 Å². The number of pyridine rings is 1. The Hall–Kier alpha value is -3.93. The van der Waals surface area contributed by atoms with E-state index in [0.29, 0.717) is 24.1 Å². The molecule has 0 bridgehead atoms. The van der Waals surface area contributed by atoms with Crippen LogP contribution in [0.15, 0.2) is 36.8 Å². The van der Waals surface area contributed by atoms with Crippen LogP contribution in [0.3, 0.4) is 0 Å². The predicted octanol–water partition coefficient (Wildman–Crippen LogP) is 6.01. The van der Waals surface area contributed by atoms with Crippen LogP contribution in [0, 0.1) is 6.92 Å².